The molecule has 0 spiro atoms. The summed E-state index contributed by atoms with van der Waals surface area (Å²) in [5.41, 5.74) is 2.44. The molecule has 0 aliphatic carbocycles. The van der Waals surface area contributed by atoms with Gasteiger partial charge in [-0.15, -0.1) is 0 Å². The van der Waals surface area contributed by atoms with Crippen LogP contribution in [0.5, 0.6) is 0 Å². The molecule has 2 heterocycles. The molecule has 0 saturated carbocycles. The number of halogens is 1. The summed E-state index contributed by atoms with van der Waals surface area (Å²) >= 11 is 3.60. The van der Waals surface area contributed by atoms with Gasteiger partial charge in [-0.25, -0.2) is 0 Å². The minimum absolute atomic E-state index is 0.349. The number of carbonyl (C=O) groups is 1. The quantitative estimate of drug-likeness (QED) is 0.810. The molecule has 2 atom stereocenters. The molecular weight excluding hydrogens is 334 g/mol. The molecular formula is C15H20BrN3O2. The van der Waals surface area contributed by atoms with E-state index in [-0.39, 0.29) is 5.91 Å². The molecule has 1 fully saturated rings. The summed E-state index contributed by atoms with van der Waals surface area (Å²) in [5.74, 6) is -0.349. The molecule has 5 nitrogen and oxygen atoms in total. The summed E-state index contributed by atoms with van der Waals surface area (Å²) in [6.45, 7) is 5.31. The Morgan fingerprint density at radius 1 is 1.38 bits per heavy atom. The fourth-order valence-corrected chi connectivity index (χ4v) is 3.79. The van der Waals surface area contributed by atoms with Gasteiger partial charge in [0, 0.05) is 34.9 Å². The van der Waals surface area contributed by atoms with Gasteiger partial charge in [-0.05, 0) is 55.0 Å². The van der Waals surface area contributed by atoms with E-state index in [1.165, 1.54) is 0 Å². The van der Waals surface area contributed by atoms with Crippen LogP contribution < -0.4 is 10.2 Å². The number of amides is 1. The molecule has 2 aliphatic heterocycles. The molecule has 0 aromatic heterocycles. The predicted octanol–water partition coefficient (Wildman–Crippen LogP) is 1.96. The van der Waals surface area contributed by atoms with Gasteiger partial charge in [-0.2, -0.15) is 0 Å². The summed E-state index contributed by atoms with van der Waals surface area (Å²) < 4.78 is 0.924. The van der Waals surface area contributed by atoms with Crippen LogP contribution in [-0.4, -0.2) is 48.6 Å². The fraction of sp³-hybridized carbons (Fsp3) is 0.533. The number of likely N-dealkylation sites (N-methyl/N-ethyl adjacent to an activating group) is 1. The number of hydrogen-bond acceptors (Lipinski definition) is 4. The second-order valence-electron chi connectivity index (χ2n) is 5.94. The zero-order valence-corrected chi connectivity index (χ0v) is 13.9. The topological polar surface area (TPSA) is 55.8 Å². The third-order valence-corrected chi connectivity index (χ3v) is 4.91. The lowest BCUT2D eigenvalue weighted by Crippen LogP contribution is -2.38. The lowest BCUT2D eigenvalue weighted by atomic mass is 10.1. The van der Waals surface area contributed by atoms with E-state index in [0.29, 0.717) is 11.6 Å². The average molecular weight is 354 g/mol. The van der Waals surface area contributed by atoms with Crippen molar-refractivity contribution in [1.29, 1.82) is 0 Å². The molecule has 1 aromatic rings. The Balaban J connectivity index is 1.96. The van der Waals surface area contributed by atoms with Gasteiger partial charge >= 0.3 is 0 Å². The first-order valence-electron chi connectivity index (χ1n) is 7.25. The molecule has 1 aromatic carbocycles. The Morgan fingerprint density at radius 3 is 2.90 bits per heavy atom. The molecule has 3 rings (SSSR count). The number of nitrogens with zero attached hydrogens (tertiary/aromatic N) is 2. The summed E-state index contributed by atoms with van der Waals surface area (Å²) in [7, 11) is 2.15. The SMILES string of the molecule is CC1CN(C)CCCN1c1cc2c(cc1Br)C(O)C(=O)N2. The first kappa shape index (κ1) is 14.8. The highest BCUT2D eigenvalue weighted by Gasteiger charge is 2.31. The van der Waals surface area contributed by atoms with E-state index in [1.54, 1.807) is 0 Å². The lowest BCUT2D eigenvalue weighted by molar-refractivity contribution is -0.123. The minimum atomic E-state index is -1.06. The van der Waals surface area contributed by atoms with Crippen LogP contribution in [0.4, 0.5) is 11.4 Å². The Hall–Kier alpha value is -1.11. The maximum atomic E-state index is 11.6. The van der Waals surface area contributed by atoms with Crippen LogP contribution in [0.2, 0.25) is 0 Å². The van der Waals surface area contributed by atoms with E-state index >= 15 is 0 Å². The fourth-order valence-electron chi connectivity index (χ4n) is 3.20. The highest BCUT2D eigenvalue weighted by Crippen LogP contribution is 2.39. The molecule has 0 bridgehead atoms. The number of fused-ring (bicyclic) bond motifs is 1. The number of rotatable bonds is 1. The molecule has 6 heteroatoms. The monoisotopic (exact) mass is 353 g/mol. The van der Waals surface area contributed by atoms with Crippen LogP contribution in [0.1, 0.15) is 25.0 Å². The van der Waals surface area contributed by atoms with Gasteiger partial charge in [0.2, 0.25) is 0 Å². The Labute approximate surface area is 133 Å². The third-order valence-electron chi connectivity index (χ3n) is 4.28. The molecule has 0 radical (unpaired) electrons. The highest BCUT2D eigenvalue weighted by molar-refractivity contribution is 9.10. The van der Waals surface area contributed by atoms with E-state index in [9.17, 15) is 9.90 Å². The Morgan fingerprint density at radius 2 is 2.14 bits per heavy atom. The number of carbonyl (C=O) groups excluding carboxylic acids is 1. The van der Waals surface area contributed by atoms with Crippen molar-refractivity contribution in [2.45, 2.75) is 25.5 Å². The lowest BCUT2D eigenvalue weighted by Gasteiger charge is -2.31. The second kappa shape index (κ2) is 5.59. The minimum Gasteiger partial charge on any atom is -0.378 e. The normalized spacial score (nSPS) is 26.5. The van der Waals surface area contributed by atoms with Gasteiger partial charge in [-0.3, -0.25) is 4.79 Å². The van der Waals surface area contributed by atoms with Gasteiger partial charge < -0.3 is 20.2 Å². The van der Waals surface area contributed by atoms with E-state index in [4.69, 9.17) is 0 Å². The van der Waals surface area contributed by atoms with Crippen LogP contribution >= 0.6 is 15.9 Å². The predicted molar refractivity (Wildman–Crippen MR) is 86.7 cm³/mol. The zero-order chi connectivity index (χ0) is 15.1. The third kappa shape index (κ3) is 2.67. The molecule has 2 N–H and O–H groups in total. The molecule has 21 heavy (non-hydrogen) atoms. The second-order valence-corrected chi connectivity index (χ2v) is 6.80. The number of aliphatic hydroxyl groups excluding tert-OH is 1. The van der Waals surface area contributed by atoms with Crippen LogP contribution in [0.3, 0.4) is 0 Å². The van der Waals surface area contributed by atoms with Crippen molar-refractivity contribution in [3.05, 3.63) is 22.2 Å². The van der Waals surface area contributed by atoms with Crippen molar-refractivity contribution in [3.63, 3.8) is 0 Å². The summed E-state index contributed by atoms with van der Waals surface area (Å²) in [6, 6.07) is 4.22. The molecule has 114 valence electrons. The standard InChI is InChI=1S/C15H20BrN3O2/c1-9-8-18(2)4-3-5-19(9)13-7-12-10(6-11(13)16)14(20)15(21)17-12/h6-7,9,14,20H,3-5,8H2,1-2H3,(H,17,21). The Kier molecular flexibility index (Phi) is 3.94. The maximum absolute atomic E-state index is 11.6. The molecule has 1 saturated heterocycles. The van der Waals surface area contributed by atoms with Crippen LogP contribution in [-0.2, 0) is 4.79 Å². The van der Waals surface area contributed by atoms with Crippen molar-refractivity contribution in [3.8, 4) is 0 Å². The first-order valence-corrected chi connectivity index (χ1v) is 8.04. The van der Waals surface area contributed by atoms with Gasteiger partial charge in [0.1, 0.15) is 0 Å². The summed E-state index contributed by atoms with van der Waals surface area (Å²) in [4.78, 5) is 16.3. The zero-order valence-electron chi connectivity index (χ0n) is 12.3. The van der Waals surface area contributed by atoms with Gasteiger partial charge in [0.05, 0.1) is 5.69 Å². The van der Waals surface area contributed by atoms with Gasteiger partial charge in [-0.1, -0.05) is 0 Å². The largest absolute Gasteiger partial charge is 0.378 e. The molecule has 1 amide bonds. The van der Waals surface area contributed by atoms with Crippen LogP contribution in [0, 0.1) is 0 Å². The van der Waals surface area contributed by atoms with E-state index in [1.807, 2.05) is 12.1 Å². The summed E-state index contributed by atoms with van der Waals surface area (Å²) in [6.07, 6.45) is 0.0531. The van der Waals surface area contributed by atoms with E-state index in [0.717, 1.165) is 41.9 Å². The number of benzene rings is 1. The highest BCUT2D eigenvalue weighted by atomic mass is 79.9. The first-order chi connectivity index (χ1) is 9.97. The smallest absolute Gasteiger partial charge is 0.257 e. The van der Waals surface area contributed by atoms with Crippen LogP contribution in [0.25, 0.3) is 0 Å². The van der Waals surface area contributed by atoms with Gasteiger partial charge in [0.25, 0.3) is 5.91 Å². The average Bonchev–Trinajstić information content (AvgIpc) is 2.59. The van der Waals surface area contributed by atoms with Crippen molar-refractivity contribution in [1.82, 2.24) is 4.90 Å². The van der Waals surface area contributed by atoms with Crippen LogP contribution in [0.15, 0.2) is 16.6 Å². The Bertz CT molecular complexity index is 578. The van der Waals surface area contributed by atoms with Crippen molar-refractivity contribution < 1.29 is 9.90 Å². The molecule has 2 unspecified atom stereocenters. The van der Waals surface area contributed by atoms with E-state index < -0.39 is 6.10 Å². The summed E-state index contributed by atoms with van der Waals surface area (Å²) in [5, 5.41) is 12.6. The van der Waals surface area contributed by atoms with Crippen molar-refractivity contribution >= 4 is 33.2 Å². The van der Waals surface area contributed by atoms with Crippen molar-refractivity contribution in [2.75, 3.05) is 36.9 Å². The molecule has 2 aliphatic rings. The van der Waals surface area contributed by atoms with Gasteiger partial charge in [0.15, 0.2) is 6.10 Å². The number of hydrogen-bond donors (Lipinski definition) is 2. The number of anilines is 2. The number of aliphatic hydroxyl groups is 1. The maximum Gasteiger partial charge on any atom is 0.257 e. The number of nitrogens with one attached hydrogen (secondary N) is 1. The van der Waals surface area contributed by atoms with Crippen molar-refractivity contribution in [2.24, 2.45) is 0 Å². The van der Waals surface area contributed by atoms with E-state index in [2.05, 4.69) is 45.0 Å².